The van der Waals surface area contributed by atoms with E-state index in [1.54, 1.807) is 0 Å². The molecule has 0 saturated carbocycles. The molecule has 0 amide bonds. The highest BCUT2D eigenvalue weighted by Crippen LogP contribution is 2.34. The lowest BCUT2D eigenvalue weighted by molar-refractivity contribution is -0.105. The number of aldehydes is 1. The summed E-state index contributed by atoms with van der Waals surface area (Å²) in [5, 5.41) is 0.770. The van der Waals surface area contributed by atoms with Crippen LogP contribution in [0.4, 0.5) is 0 Å². The molecule has 0 spiro atoms. The summed E-state index contributed by atoms with van der Waals surface area (Å²) in [4.78, 5) is 10.5. The van der Waals surface area contributed by atoms with E-state index in [1.165, 1.54) is 0 Å². The molecule has 0 bridgehead atoms. The summed E-state index contributed by atoms with van der Waals surface area (Å²) in [5.74, 6) is 0.977. The molecule has 1 rings (SSSR count). The van der Waals surface area contributed by atoms with Gasteiger partial charge in [-0.3, -0.25) is 4.79 Å². The summed E-state index contributed by atoms with van der Waals surface area (Å²) in [6, 6.07) is 0. The largest absolute Gasteiger partial charge is 0.298 e. The third-order valence-corrected chi connectivity index (χ3v) is 2.63. The summed E-state index contributed by atoms with van der Waals surface area (Å²) in [6.45, 7) is 4.22. The first-order valence-electron chi connectivity index (χ1n) is 3.99. The zero-order valence-corrected chi connectivity index (χ0v) is 7.69. The van der Waals surface area contributed by atoms with Crippen LogP contribution < -0.4 is 0 Å². The second kappa shape index (κ2) is 3.40. The van der Waals surface area contributed by atoms with Crippen molar-refractivity contribution in [3.63, 3.8) is 0 Å². The van der Waals surface area contributed by atoms with Crippen LogP contribution in [0, 0.1) is 11.8 Å². The highest BCUT2D eigenvalue weighted by Gasteiger charge is 2.22. The third kappa shape index (κ3) is 1.84. The Balaban J connectivity index is 2.85. The smallest absolute Gasteiger partial charge is 0.147 e. The molecule has 1 nitrogen and oxygen atoms in total. The first-order valence-corrected chi connectivity index (χ1v) is 4.36. The van der Waals surface area contributed by atoms with E-state index in [9.17, 15) is 4.79 Å². The minimum atomic E-state index is 0.351. The Morgan fingerprint density at radius 2 is 2.18 bits per heavy atom. The van der Waals surface area contributed by atoms with Crippen molar-refractivity contribution in [2.75, 3.05) is 0 Å². The van der Waals surface area contributed by atoms with E-state index < -0.39 is 0 Å². The van der Waals surface area contributed by atoms with E-state index in [0.29, 0.717) is 11.8 Å². The average Bonchev–Trinajstić information content (AvgIpc) is 1.85. The molecule has 0 heterocycles. The Morgan fingerprint density at radius 1 is 1.55 bits per heavy atom. The zero-order valence-electron chi connectivity index (χ0n) is 6.93. The summed E-state index contributed by atoms with van der Waals surface area (Å²) in [6.07, 6.45) is 2.86. The summed E-state index contributed by atoms with van der Waals surface area (Å²) < 4.78 is 0. The van der Waals surface area contributed by atoms with Gasteiger partial charge in [0.1, 0.15) is 6.29 Å². The van der Waals surface area contributed by atoms with Crippen molar-refractivity contribution < 1.29 is 4.79 Å². The number of carbonyl (C=O) groups excluding carboxylic acids is 1. The molecular weight excluding hydrogens is 160 g/mol. The molecule has 0 saturated heterocycles. The van der Waals surface area contributed by atoms with Gasteiger partial charge in [-0.1, -0.05) is 25.4 Å². The van der Waals surface area contributed by atoms with Crippen LogP contribution in [0.25, 0.3) is 0 Å². The Labute approximate surface area is 72.4 Å². The van der Waals surface area contributed by atoms with Crippen LogP contribution in [-0.2, 0) is 4.79 Å². The van der Waals surface area contributed by atoms with Gasteiger partial charge in [0.15, 0.2) is 0 Å². The predicted octanol–water partition coefficient (Wildman–Crippen LogP) is 2.74. The lowest BCUT2D eigenvalue weighted by atomic mass is 9.83. The second-order valence-electron chi connectivity index (χ2n) is 3.42. The Bertz CT molecular complexity index is 196. The fourth-order valence-electron chi connectivity index (χ4n) is 1.69. The van der Waals surface area contributed by atoms with Crippen molar-refractivity contribution in [3.8, 4) is 0 Å². The van der Waals surface area contributed by atoms with E-state index in [-0.39, 0.29) is 0 Å². The van der Waals surface area contributed by atoms with Gasteiger partial charge in [-0.2, -0.15) is 0 Å². The highest BCUT2D eigenvalue weighted by molar-refractivity contribution is 6.31. The van der Waals surface area contributed by atoms with Gasteiger partial charge in [-0.15, -0.1) is 0 Å². The normalized spacial score (nSPS) is 32.3. The zero-order chi connectivity index (χ0) is 8.43. The van der Waals surface area contributed by atoms with E-state index in [1.807, 2.05) is 0 Å². The van der Waals surface area contributed by atoms with Crippen molar-refractivity contribution in [1.29, 1.82) is 0 Å². The van der Waals surface area contributed by atoms with Crippen molar-refractivity contribution >= 4 is 17.9 Å². The van der Waals surface area contributed by atoms with Gasteiger partial charge in [0.05, 0.1) is 0 Å². The maximum atomic E-state index is 10.5. The molecule has 2 atom stereocenters. The lowest BCUT2D eigenvalue weighted by Crippen LogP contribution is -2.14. The van der Waals surface area contributed by atoms with Crippen LogP contribution >= 0.6 is 11.6 Å². The van der Waals surface area contributed by atoms with Crippen LogP contribution in [0.5, 0.6) is 0 Å². The number of allylic oxidation sites excluding steroid dienone is 2. The van der Waals surface area contributed by atoms with E-state index in [2.05, 4.69) is 13.8 Å². The van der Waals surface area contributed by atoms with Gasteiger partial charge in [-0.25, -0.2) is 0 Å². The fourth-order valence-corrected chi connectivity index (χ4v) is 2.18. The van der Waals surface area contributed by atoms with Crippen LogP contribution in [0.2, 0.25) is 0 Å². The quantitative estimate of drug-likeness (QED) is 0.556. The van der Waals surface area contributed by atoms with Gasteiger partial charge in [0.2, 0.25) is 0 Å². The minimum absolute atomic E-state index is 0.351. The second-order valence-corrected chi connectivity index (χ2v) is 3.88. The molecule has 1 aliphatic rings. The maximum Gasteiger partial charge on any atom is 0.147 e. The molecule has 1 aliphatic carbocycles. The first-order chi connectivity index (χ1) is 5.15. The van der Waals surface area contributed by atoms with E-state index >= 15 is 0 Å². The van der Waals surface area contributed by atoms with Gasteiger partial charge < -0.3 is 0 Å². The average molecular weight is 173 g/mol. The van der Waals surface area contributed by atoms with Gasteiger partial charge in [0, 0.05) is 10.6 Å². The number of carbonyl (C=O) groups is 1. The van der Waals surface area contributed by atoms with Gasteiger partial charge in [-0.05, 0) is 24.7 Å². The number of hydrogen-bond donors (Lipinski definition) is 0. The SMILES string of the molecule is CC1CC(Cl)=C(C=O)C(C)C1. The molecule has 0 fully saturated rings. The Kier molecular flexibility index (Phi) is 2.72. The number of halogens is 1. The molecule has 0 aromatic carbocycles. The lowest BCUT2D eigenvalue weighted by Gasteiger charge is -2.24. The molecule has 0 N–H and O–H groups in total. The van der Waals surface area contributed by atoms with Crippen LogP contribution in [0.1, 0.15) is 26.7 Å². The standard InChI is InChI=1S/C9H13ClO/c1-6-3-7(2)8(5-11)9(10)4-6/h5-7H,3-4H2,1-2H3. The van der Waals surface area contributed by atoms with Crippen LogP contribution in [0.15, 0.2) is 10.6 Å². The molecular formula is C9H13ClO. The van der Waals surface area contributed by atoms with E-state index in [0.717, 1.165) is 29.7 Å². The van der Waals surface area contributed by atoms with Crippen molar-refractivity contribution in [3.05, 3.63) is 10.6 Å². The molecule has 11 heavy (non-hydrogen) atoms. The third-order valence-electron chi connectivity index (χ3n) is 2.25. The van der Waals surface area contributed by atoms with Crippen molar-refractivity contribution in [2.24, 2.45) is 11.8 Å². The number of hydrogen-bond acceptors (Lipinski definition) is 1. The molecule has 0 aliphatic heterocycles. The molecule has 0 radical (unpaired) electrons. The number of rotatable bonds is 1. The van der Waals surface area contributed by atoms with Gasteiger partial charge in [0.25, 0.3) is 0 Å². The van der Waals surface area contributed by atoms with Crippen molar-refractivity contribution in [1.82, 2.24) is 0 Å². The Morgan fingerprint density at radius 3 is 2.64 bits per heavy atom. The topological polar surface area (TPSA) is 17.1 Å². The molecule has 62 valence electrons. The predicted molar refractivity (Wildman–Crippen MR) is 46.5 cm³/mol. The minimum Gasteiger partial charge on any atom is -0.298 e. The van der Waals surface area contributed by atoms with Crippen LogP contribution in [0.3, 0.4) is 0 Å². The van der Waals surface area contributed by atoms with E-state index in [4.69, 9.17) is 11.6 Å². The van der Waals surface area contributed by atoms with Gasteiger partial charge >= 0.3 is 0 Å². The summed E-state index contributed by atoms with van der Waals surface area (Å²) in [7, 11) is 0. The molecule has 0 aromatic rings. The fraction of sp³-hybridized carbons (Fsp3) is 0.667. The van der Waals surface area contributed by atoms with Crippen LogP contribution in [-0.4, -0.2) is 6.29 Å². The molecule has 2 unspecified atom stereocenters. The summed E-state index contributed by atoms with van der Waals surface area (Å²) >= 11 is 5.92. The molecule has 2 heteroatoms. The Hall–Kier alpha value is -0.300. The molecule has 0 aromatic heterocycles. The maximum absolute atomic E-state index is 10.5. The van der Waals surface area contributed by atoms with Crippen molar-refractivity contribution in [2.45, 2.75) is 26.7 Å². The highest BCUT2D eigenvalue weighted by atomic mass is 35.5. The monoisotopic (exact) mass is 172 g/mol. The summed E-state index contributed by atoms with van der Waals surface area (Å²) in [5.41, 5.74) is 0.810. The first kappa shape index (κ1) is 8.79.